The monoisotopic (exact) mass is 441 g/mol. The number of carbonyl (C=O) groups excluding carboxylic acids is 1. The molecule has 8 heteroatoms. The normalized spacial score (nSPS) is 21.6. The van der Waals surface area contributed by atoms with Gasteiger partial charge in [0, 0.05) is 25.9 Å². The average molecular weight is 442 g/mol. The summed E-state index contributed by atoms with van der Waals surface area (Å²) in [5.41, 5.74) is 0.702. The third-order valence-electron chi connectivity index (χ3n) is 5.47. The summed E-state index contributed by atoms with van der Waals surface area (Å²) in [6, 6.07) is 3.43. The molecule has 0 N–H and O–H groups in total. The van der Waals surface area contributed by atoms with Gasteiger partial charge in [0.1, 0.15) is 5.60 Å². The third kappa shape index (κ3) is 5.53. The van der Waals surface area contributed by atoms with Crippen molar-refractivity contribution >= 4 is 17.3 Å². The third-order valence-corrected chi connectivity index (χ3v) is 6.94. The molecule has 0 bridgehead atoms. The van der Waals surface area contributed by atoms with Crippen LogP contribution < -0.4 is 0 Å². The van der Waals surface area contributed by atoms with Crippen LogP contribution in [0.15, 0.2) is 12.1 Å². The number of alkyl halides is 1. The van der Waals surface area contributed by atoms with E-state index in [1.165, 1.54) is 0 Å². The molecule has 2 fully saturated rings. The predicted octanol–water partition coefficient (Wildman–Crippen LogP) is 3.60. The number of halogens is 1. The van der Waals surface area contributed by atoms with Gasteiger partial charge in [0.15, 0.2) is 5.79 Å². The van der Waals surface area contributed by atoms with Crippen molar-refractivity contribution in [2.75, 3.05) is 26.3 Å². The molecule has 2 saturated heterocycles. The van der Waals surface area contributed by atoms with Crippen molar-refractivity contribution in [3.8, 4) is 0 Å². The minimum atomic E-state index is -1.75. The van der Waals surface area contributed by atoms with Crippen LogP contribution in [0.5, 0.6) is 0 Å². The van der Waals surface area contributed by atoms with Crippen LogP contribution in [0, 0.1) is 13.8 Å². The minimum absolute atomic E-state index is 0.0352. The van der Waals surface area contributed by atoms with Gasteiger partial charge in [-0.05, 0) is 63.4 Å². The number of ether oxygens (including phenoxy) is 3. The summed E-state index contributed by atoms with van der Waals surface area (Å²) < 4.78 is 46.2. The fraction of sp³-hybridized carbons (Fsp3) is 0.682. The summed E-state index contributed by atoms with van der Waals surface area (Å²) in [7, 11) is 0. The van der Waals surface area contributed by atoms with E-state index in [0.717, 1.165) is 16.7 Å². The van der Waals surface area contributed by atoms with E-state index < -0.39 is 34.2 Å². The maximum Gasteiger partial charge on any atom is 0.338 e. The molecule has 6 nitrogen and oxygen atoms in total. The highest BCUT2D eigenvalue weighted by molar-refractivity contribution is 7.89. The van der Waals surface area contributed by atoms with Crippen LogP contribution in [0.4, 0.5) is 4.39 Å². The Balaban J connectivity index is 1.63. The lowest BCUT2D eigenvalue weighted by Crippen LogP contribution is -2.49. The van der Waals surface area contributed by atoms with Crippen molar-refractivity contribution in [2.24, 2.45) is 0 Å². The van der Waals surface area contributed by atoms with E-state index in [2.05, 4.69) is 0 Å². The van der Waals surface area contributed by atoms with E-state index in [9.17, 15) is 13.7 Å². The summed E-state index contributed by atoms with van der Waals surface area (Å²) in [6.45, 7) is 11.2. The Morgan fingerprint density at radius 1 is 1.23 bits per heavy atom. The lowest BCUT2D eigenvalue weighted by Gasteiger charge is -2.37. The molecule has 2 aliphatic heterocycles. The summed E-state index contributed by atoms with van der Waals surface area (Å²) >= 11 is -1.75. The molecule has 2 heterocycles. The fourth-order valence-corrected chi connectivity index (χ4v) is 5.13. The van der Waals surface area contributed by atoms with Crippen molar-refractivity contribution in [3.05, 3.63) is 34.4 Å². The molecular weight excluding hydrogens is 409 g/mol. The number of piperidine rings is 1. The number of benzene rings is 1. The molecule has 168 valence electrons. The molecule has 0 amide bonds. The lowest BCUT2D eigenvalue weighted by molar-refractivity contribution is -0.179. The maximum atomic E-state index is 15.0. The van der Waals surface area contributed by atoms with E-state index in [0.29, 0.717) is 44.7 Å². The predicted molar refractivity (Wildman–Crippen MR) is 113 cm³/mol. The molecule has 1 unspecified atom stereocenters. The highest BCUT2D eigenvalue weighted by Crippen LogP contribution is 2.33. The quantitative estimate of drug-likeness (QED) is 0.514. The van der Waals surface area contributed by atoms with Gasteiger partial charge in [-0.2, -0.15) is 4.39 Å². The number of nitrogens with zero attached hydrogens (tertiary/aromatic N) is 1. The smallest absolute Gasteiger partial charge is 0.338 e. The second kappa shape index (κ2) is 9.12. The number of esters is 1. The van der Waals surface area contributed by atoms with Gasteiger partial charge >= 0.3 is 5.97 Å². The SMILES string of the molecule is Cc1cc(C(=O)OC(C)(C)C)cc(C)c1CC(F)[S@+]([O-])N1CCC2(CC1)OCCO2. The fourth-order valence-electron chi connectivity index (χ4n) is 3.96. The Kier molecular flexibility index (Phi) is 7.14. The van der Waals surface area contributed by atoms with Gasteiger partial charge in [0.2, 0.25) is 0 Å². The summed E-state index contributed by atoms with van der Waals surface area (Å²) in [5.74, 6) is -0.976. The standard InChI is InChI=1S/C22H32FNO5S/c1-15-12-17(20(25)29-21(3,4)5)13-16(2)18(15)14-19(23)30(26)24-8-6-22(7-9-24)27-10-11-28-22/h12-13,19H,6-11,14H2,1-5H3/t19?,30-/m0/s1. The number of carbonyl (C=O) groups is 1. The number of rotatable bonds is 5. The molecular formula is C22H32FNO5S. The highest BCUT2D eigenvalue weighted by atomic mass is 32.2. The molecule has 2 aliphatic rings. The molecule has 30 heavy (non-hydrogen) atoms. The van der Waals surface area contributed by atoms with Crippen LogP contribution in [0.3, 0.4) is 0 Å². The Labute approximate surface area is 181 Å². The minimum Gasteiger partial charge on any atom is -0.596 e. The first-order valence-electron chi connectivity index (χ1n) is 10.4. The summed E-state index contributed by atoms with van der Waals surface area (Å²) in [4.78, 5) is 12.3. The van der Waals surface area contributed by atoms with Crippen LogP contribution in [-0.2, 0) is 32.0 Å². The van der Waals surface area contributed by atoms with Gasteiger partial charge in [-0.15, -0.1) is 4.31 Å². The van der Waals surface area contributed by atoms with Gasteiger partial charge in [0.05, 0.1) is 36.6 Å². The van der Waals surface area contributed by atoms with E-state index >= 15 is 0 Å². The summed E-state index contributed by atoms with van der Waals surface area (Å²) in [6.07, 6.45) is 1.22. The zero-order valence-corrected chi connectivity index (χ0v) is 19.3. The van der Waals surface area contributed by atoms with Crippen LogP contribution in [-0.4, -0.2) is 58.0 Å². The lowest BCUT2D eigenvalue weighted by atomic mass is 9.97. The van der Waals surface area contributed by atoms with Crippen LogP contribution in [0.1, 0.15) is 60.7 Å². The molecule has 0 radical (unpaired) electrons. The maximum absolute atomic E-state index is 15.0. The van der Waals surface area contributed by atoms with Gasteiger partial charge < -0.3 is 18.8 Å². The van der Waals surface area contributed by atoms with Gasteiger partial charge in [-0.3, -0.25) is 0 Å². The number of aryl methyl sites for hydroxylation is 2. The largest absolute Gasteiger partial charge is 0.596 e. The van der Waals surface area contributed by atoms with Crippen molar-refractivity contribution in [1.29, 1.82) is 0 Å². The second-order valence-electron chi connectivity index (χ2n) is 9.02. The molecule has 1 spiro atoms. The van der Waals surface area contributed by atoms with Crippen LogP contribution >= 0.6 is 0 Å². The highest BCUT2D eigenvalue weighted by Gasteiger charge is 2.44. The van der Waals surface area contributed by atoms with E-state index in [4.69, 9.17) is 14.2 Å². The molecule has 3 rings (SSSR count). The Morgan fingerprint density at radius 3 is 2.27 bits per heavy atom. The van der Waals surface area contributed by atoms with Crippen LogP contribution in [0.25, 0.3) is 0 Å². The summed E-state index contributed by atoms with van der Waals surface area (Å²) in [5, 5.41) is 0. The van der Waals surface area contributed by atoms with E-state index in [-0.39, 0.29) is 6.42 Å². The average Bonchev–Trinajstić information content (AvgIpc) is 3.11. The number of hydrogen-bond donors (Lipinski definition) is 0. The first-order valence-corrected chi connectivity index (χ1v) is 11.6. The zero-order valence-electron chi connectivity index (χ0n) is 18.5. The molecule has 0 saturated carbocycles. The Hall–Kier alpha value is -1.19. The Morgan fingerprint density at radius 2 is 1.77 bits per heavy atom. The van der Waals surface area contributed by atoms with E-state index in [1.54, 1.807) is 16.4 Å². The second-order valence-corrected chi connectivity index (χ2v) is 10.6. The van der Waals surface area contributed by atoms with Crippen molar-refractivity contribution < 1.29 is 27.9 Å². The molecule has 0 aliphatic carbocycles. The zero-order chi connectivity index (χ0) is 22.1. The van der Waals surface area contributed by atoms with Gasteiger partial charge in [0.25, 0.3) is 5.50 Å². The Bertz CT molecular complexity index is 742. The molecule has 1 aromatic carbocycles. The first-order chi connectivity index (χ1) is 14.0. The van der Waals surface area contributed by atoms with E-state index in [1.807, 2.05) is 34.6 Å². The van der Waals surface area contributed by atoms with Crippen molar-refractivity contribution in [3.63, 3.8) is 0 Å². The van der Waals surface area contributed by atoms with Gasteiger partial charge in [-0.25, -0.2) is 4.79 Å². The molecule has 2 atom stereocenters. The van der Waals surface area contributed by atoms with Gasteiger partial charge in [-0.1, -0.05) is 0 Å². The first kappa shape index (κ1) is 23.5. The topological polar surface area (TPSA) is 71.1 Å². The van der Waals surface area contributed by atoms with Crippen molar-refractivity contribution in [1.82, 2.24) is 4.31 Å². The van der Waals surface area contributed by atoms with Crippen LogP contribution in [0.2, 0.25) is 0 Å². The van der Waals surface area contributed by atoms with Crippen molar-refractivity contribution in [2.45, 2.75) is 70.8 Å². The number of hydrogen-bond acceptors (Lipinski definition) is 6. The molecule has 0 aromatic heterocycles. The molecule has 1 aromatic rings.